The highest BCUT2D eigenvalue weighted by molar-refractivity contribution is 6.30. The topological polar surface area (TPSA) is 79.0 Å². The van der Waals surface area contributed by atoms with Gasteiger partial charge in [0, 0.05) is 11.1 Å². The number of halogens is 1. The van der Waals surface area contributed by atoms with Crippen LogP contribution in [-0.2, 0) is 6.54 Å². The predicted molar refractivity (Wildman–Crippen MR) is 97.9 cm³/mol. The van der Waals surface area contributed by atoms with Gasteiger partial charge in [-0.15, -0.1) is 0 Å². The summed E-state index contributed by atoms with van der Waals surface area (Å²) < 4.78 is 5.19. The summed E-state index contributed by atoms with van der Waals surface area (Å²) in [6, 6.07) is 12.6. The van der Waals surface area contributed by atoms with Gasteiger partial charge in [0.25, 0.3) is 0 Å². The number of nitrogens with zero attached hydrogens (tertiary/aromatic N) is 1. The minimum atomic E-state index is -0.263. The maximum absolute atomic E-state index is 12.1. The van der Waals surface area contributed by atoms with Gasteiger partial charge in [0.1, 0.15) is 11.6 Å². The second kappa shape index (κ2) is 7.44. The molecular formula is C18H19ClN4O2. The standard InChI is InChI=1S/C18H19ClN4O2/c1-11(12-3-5-13(19)6-4-12)21-18(24)20-10-17-22-15-8-7-14(25-2)9-16(15)23-17/h3-9,11H,10H2,1-2H3,(H,22,23)(H2,20,21,24)/t11-/m0/s1. The van der Waals surface area contributed by atoms with Crippen molar-refractivity contribution in [2.24, 2.45) is 0 Å². The Morgan fingerprint density at radius 2 is 2.04 bits per heavy atom. The van der Waals surface area contributed by atoms with Crippen LogP contribution < -0.4 is 15.4 Å². The molecule has 1 heterocycles. The van der Waals surface area contributed by atoms with Crippen molar-refractivity contribution in [1.29, 1.82) is 0 Å². The van der Waals surface area contributed by atoms with Gasteiger partial charge in [0.2, 0.25) is 0 Å². The van der Waals surface area contributed by atoms with Crippen molar-refractivity contribution >= 4 is 28.7 Å². The Morgan fingerprint density at radius 1 is 1.28 bits per heavy atom. The van der Waals surface area contributed by atoms with Crippen LogP contribution in [0.25, 0.3) is 11.0 Å². The fraction of sp³-hybridized carbons (Fsp3) is 0.222. The zero-order valence-corrected chi connectivity index (χ0v) is 14.7. The lowest BCUT2D eigenvalue weighted by molar-refractivity contribution is 0.237. The third-order valence-corrected chi connectivity index (χ3v) is 4.12. The highest BCUT2D eigenvalue weighted by Gasteiger charge is 2.10. The second-order valence-electron chi connectivity index (χ2n) is 5.67. The molecule has 2 aromatic carbocycles. The van der Waals surface area contributed by atoms with E-state index < -0.39 is 0 Å². The number of hydrogen-bond acceptors (Lipinski definition) is 3. The van der Waals surface area contributed by atoms with E-state index in [1.165, 1.54) is 0 Å². The maximum Gasteiger partial charge on any atom is 0.315 e. The number of imidazole rings is 1. The fourth-order valence-corrected chi connectivity index (χ4v) is 2.62. The summed E-state index contributed by atoms with van der Waals surface area (Å²) >= 11 is 5.87. The van der Waals surface area contributed by atoms with Gasteiger partial charge < -0.3 is 20.4 Å². The van der Waals surface area contributed by atoms with Gasteiger partial charge in [-0.2, -0.15) is 0 Å². The molecule has 0 unspecified atom stereocenters. The number of amides is 2. The smallest absolute Gasteiger partial charge is 0.315 e. The number of fused-ring (bicyclic) bond motifs is 1. The number of rotatable bonds is 5. The van der Waals surface area contributed by atoms with E-state index in [1.807, 2.05) is 37.3 Å². The molecule has 7 heteroatoms. The highest BCUT2D eigenvalue weighted by atomic mass is 35.5. The summed E-state index contributed by atoms with van der Waals surface area (Å²) in [4.78, 5) is 19.7. The first-order valence-electron chi connectivity index (χ1n) is 7.87. The lowest BCUT2D eigenvalue weighted by Crippen LogP contribution is -2.36. The summed E-state index contributed by atoms with van der Waals surface area (Å²) in [5.41, 5.74) is 2.68. The first-order chi connectivity index (χ1) is 12.0. The van der Waals surface area contributed by atoms with Crippen LogP contribution in [0.1, 0.15) is 24.4 Å². The summed E-state index contributed by atoms with van der Waals surface area (Å²) in [5.74, 6) is 1.43. The van der Waals surface area contributed by atoms with Crippen molar-refractivity contribution in [1.82, 2.24) is 20.6 Å². The van der Waals surface area contributed by atoms with Crippen LogP contribution in [0.4, 0.5) is 4.79 Å². The normalized spacial score (nSPS) is 12.0. The molecule has 0 aliphatic heterocycles. The molecule has 0 fully saturated rings. The number of urea groups is 1. The second-order valence-corrected chi connectivity index (χ2v) is 6.10. The minimum absolute atomic E-state index is 0.128. The predicted octanol–water partition coefficient (Wildman–Crippen LogP) is 3.79. The van der Waals surface area contributed by atoms with Crippen molar-refractivity contribution in [3.05, 3.63) is 58.9 Å². The summed E-state index contributed by atoms with van der Waals surface area (Å²) in [7, 11) is 1.62. The quantitative estimate of drug-likeness (QED) is 0.649. The molecule has 3 rings (SSSR count). The minimum Gasteiger partial charge on any atom is -0.497 e. The van der Waals surface area contributed by atoms with Crippen LogP contribution in [0.15, 0.2) is 42.5 Å². The molecule has 0 bridgehead atoms. The molecule has 0 saturated heterocycles. The number of carbonyl (C=O) groups is 1. The Labute approximate surface area is 150 Å². The van der Waals surface area contributed by atoms with E-state index in [0.29, 0.717) is 17.4 Å². The lowest BCUT2D eigenvalue weighted by Gasteiger charge is -2.14. The van der Waals surface area contributed by atoms with E-state index in [2.05, 4.69) is 20.6 Å². The number of carbonyl (C=O) groups excluding carboxylic acids is 1. The molecule has 0 aliphatic rings. The Hall–Kier alpha value is -2.73. The molecule has 0 radical (unpaired) electrons. The number of nitrogens with one attached hydrogen (secondary N) is 3. The Morgan fingerprint density at radius 3 is 2.76 bits per heavy atom. The molecule has 3 aromatic rings. The number of methoxy groups -OCH3 is 1. The van der Waals surface area contributed by atoms with Gasteiger partial charge in [-0.05, 0) is 36.8 Å². The first-order valence-corrected chi connectivity index (χ1v) is 8.25. The Kier molecular flexibility index (Phi) is 5.09. The Balaban J connectivity index is 1.57. The van der Waals surface area contributed by atoms with Crippen LogP contribution >= 0.6 is 11.6 Å². The number of aromatic nitrogens is 2. The molecule has 25 heavy (non-hydrogen) atoms. The average Bonchev–Trinajstić information content (AvgIpc) is 3.02. The van der Waals surface area contributed by atoms with Crippen LogP contribution in [0, 0.1) is 0 Å². The molecule has 3 N–H and O–H groups in total. The first kappa shape index (κ1) is 17.1. The SMILES string of the molecule is COc1ccc2nc(CNC(=O)N[C@@H](C)c3ccc(Cl)cc3)[nH]c2c1. The molecule has 0 aliphatic carbocycles. The number of hydrogen-bond donors (Lipinski definition) is 3. The van der Waals surface area contributed by atoms with Gasteiger partial charge in [-0.1, -0.05) is 23.7 Å². The van der Waals surface area contributed by atoms with Crippen LogP contribution in [0.5, 0.6) is 5.75 Å². The van der Waals surface area contributed by atoms with E-state index in [0.717, 1.165) is 22.3 Å². The monoisotopic (exact) mass is 358 g/mol. The number of H-pyrrole nitrogens is 1. The van der Waals surface area contributed by atoms with E-state index in [-0.39, 0.29) is 12.1 Å². The van der Waals surface area contributed by atoms with Crippen molar-refractivity contribution in [2.75, 3.05) is 7.11 Å². The molecule has 6 nitrogen and oxygen atoms in total. The summed E-state index contributed by atoms with van der Waals surface area (Å²) in [6.07, 6.45) is 0. The maximum atomic E-state index is 12.1. The number of aromatic amines is 1. The largest absolute Gasteiger partial charge is 0.497 e. The zero-order chi connectivity index (χ0) is 17.8. The van der Waals surface area contributed by atoms with Gasteiger partial charge in [0.15, 0.2) is 0 Å². The molecule has 1 aromatic heterocycles. The van der Waals surface area contributed by atoms with Gasteiger partial charge in [-0.25, -0.2) is 9.78 Å². The fourth-order valence-electron chi connectivity index (χ4n) is 2.50. The molecule has 1 atom stereocenters. The third-order valence-electron chi connectivity index (χ3n) is 3.87. The molecule has 130 valence electrons. The van der Waals surface area contributed by atoms with Gasteiger partial charge in [0.05, 0.1) is 30.7 Å². The number of ether oxygens (including phenoxy) is 1. The van der Waals surface area contributed by atoms with Crippen LogP contribution in [0.3, 0.4) is 0 Å². The molecule has 0 spiro atoms. The van der Waals surface area contributed by atoms with Crippen LogP contribution in [0.2, 0.25) is 5.02 Å². The molecular weight excluding hydrogens is 340 g/mol. The number of benzene rings is 2. The Bertz CT molecular complexity index is 876. The lowest BCUT2D eigenvalue weighted by atomic mass is 10.1. The van der Waals surface area contributed by atoms with Crippen molar-refractivity contribution < 1.29 is 9.53 Å². The van der Waals surface area contributed by atoms with Gasteiger partial charge >= 0.3 is 6.03 Å². The van der Waals surface area contributed by atoms with Gasteiger partial charge in [-0.3, -0.25) is 0 Å². The van der Waals surface area contributed by atoms with E-state index in [9.17, 15) is 4.79 Å². The van der Waals surface area contributed by atoms with Crippen LogP contribution in [-0.4, -0.2) is 23.1 Å². The van der Waals surface area contributed by atoms with Crippen molar-refractivity contribution in [3.8, 4) is 5.75 Å². The van der Waals surface area contributed by atoms with E-state index in [1.54, 1.807) is 19.2 Å². The van der Waals surface area contributed by atoms with E-state index in [4.69, 9.17) is 16.3 Å². The average molecular weight is 359 g/mol. The molecule has 0 saturated carbocycles. The highest BCUT2D eigenvalue weighted by Crippen LogP contribution is 2.19. The third kappa shape index (κ3) is 4.22. The van der Waals surface area contributed by atoms with Crippen molar-refractivity contribution in [3.63, 3.8) is 0 Å². The zero-order valence-electron chi connectivity index (χ0n) is 14.0. The summed E-state index contributed by atoms with van der Waals surface area (Å²) in [6.45, 7) is 2.21. The molecule has 2 amide bonds. The van der Waals surface area contributed by atoms with E-state index >= 15 is 0 Å². The van der Waals surface area contributed by atoms with Crippen molar-refractivity contribution in [2.45, 2.75) is 19.5 Å². The summed E-state index contributed by atoms with van der Waals surface area (Å²) in [5, 5.41) is 6.35.